The molecule has 0 saturated heterocycles. The number of ether oxygens (including phenoxy) is 1. The minimum Gasteiger partial charge on any atom is -0.459 e. The van der Waals surface area contributed by atoms with Crippen LogP contribution < -0.4 is 16.3 Å². The molecule has 0 aromatic carbocycles. The number of carbonyl (C=O) groups is 1. The topological polar surface area (TPSA) is 78.0 Å². The summed E-state index contributed by atoms with van der Waals surface area (Å²) in [6.07, 6.45) is 0. The Kier molecular flexibility index (Phi) is 7.49. The fourth-order valence-electron chi connectivity index (χ4n) is 1.26. The number of hydrazine groups is 2. The smallest absolute Gasteiger partial charge is 0.327 e. The molecule has 0 bridgehead atoms. The van der Waals surface area contributed by atoms with E-state index < -0.39 is 5.60 Å². The van der Waals surface area contributed by atoms with Gasteiger partial charge in [0, 0.05) is 14.1 Å². The third kappa shape index (κ3) is 7.21. The summed E-state index contributed by atoms with van der Waals surface area (Å²) in [4.78, 5) is 15.8. The Morgan fingerprint density at radius 2 is 1.94 bits per heavy atom. The summed E-state index contributed by atoms with van der Waals surface area (Å²) < 4.78 is 5.26. The van der Waals surface area contributed by atoms with Crippen LogP contribution in [0.2, 0.25) is 0 Å². The predicted octanol–water partition coefficient (Wildman–Crippen LogP) is -0.483. The van der Waals surface area contributed by atoms with Crippen LogP contribution in [0.5, 0.6) is 0 Å². The van der Waals surface area contributed by atoms with Crippen molar-refractivity contribution in [2.24, 2.45) is 4.99 Å². The highest BCUT2D eigenvalue weighted by molar-refractivity contribution is 5.87. The van der Waals surface area contributed by atoms with Crippen LogP contribution in [0.1, 0.15) is 20.8 Å². The molecule has 0 aliphatic rings. The molecule has 0 radical (unpaired) electrons. The minimum atomic E-state index is -0.483. The second kappa shape index (κ2) is 8.02. The van der Waals surface area contributed by atoms with Gasteiger partial charge >= 0.3 is 5.97 Å². The zero-order valence-electron chi connectivity index (χ0n) is 12.1. The molecule has 106 valence electrons. The van der Waals surface area contributed by atoms with Crippen LogP contribution in [-0.2, 0) is 9.53 Å². The lowest BCUT2D eigenvalue weighted by Gasteiger charge is -2.26. The number of nitrogens with zero attached hydrogens (tertiary/aromatic N) is 2. The molecule has 0 aliphatic heterocycles. The van der Waals surface area contributed by atoms with Crippen LogP contribution in [0.4, 0.5) is 0 Å². The lowest BCUT2D eigenvalue weighted by molar-refractivity contribution is -0.155. The Hall–Kier alpha value is -1.18. The summed E-state index contributed by atoms with van der Waals surface area (Å²) in [6, 6.07) is 0. The molecule has 0 aromatic rings. The molecule has 0 aromatic heterocycles. The average molecular weight is 259 g/mol. The number of nitrogens with one attached hydrogen (secondary N) is 3. The molecule has 0 amide bonds. The van der Waals surface area contributed by atoms with Crippen LogP contribution in [0, 0.1) is 0 Å². The molecule has 0 atom stereocenters. The zero-order valence-corrected chi connectivity index (χ0v) is 12.1. The van der Waals surface area contributed by atoms with E-state index in [1.807, 2.05) is 20.8 Å². The Bertz CT molecular complexity index is 286. The summed E-state index contributed by atoms with van der Waals surface area (Å²) in [6.45, 7) is 6.12. The first kappa shape index (κ1) is 16.8. The van der Waals surface area contributed by atoms with Crippen molar-refractivity contribution in [1.29, 1.82) is 0 Å². The van der Waals surface area contributed by atoms with Gasteiger partial charge in [-0.05, 0) is 27.8 Å². The number of aliphatic imine (C=N–C) groups is 1. The van der Waals surface area contributed by atoms with E-state index in [2.05, 4.69) is 21.3 Å². The monoisotopic (exact) mass is 259 g/mol. The van der Waals surface area contributed by atoms with E-state index in [1.165, 1.54) is 0 Å². The van der Waals surface area contributed by atoms with Gasteiger partial charge in [-0.3, -0.25) is 25.6 Å². The number of hydrogen-bond donors (Lipinski definition) is 3. The summed E-state index contributed by atoms with van der Waals surface area (Å²) in [5.74, 6) is 0.403. The molecule has 7 heteroatoms. The molecule has 0 heterocycles. The molecule has 3 N–H and O–H groups in total. The number of hydrogen-bond acceptors (Lipinski definition) is 6. The van der Waals surface area contributed by atoms with Gasteiger partial charge < -0.3 is 4.74 Å². The Morgan fingerprint density at radius 3 is 2.33 bits per heavy atom. The van der Waals surface area contributed by atoms with E-state index in [-0.39, 0.29) is 12.5 Å². The largest absolute Gasteiger partial charge is 0.459 e. The third-order valence-electron chi connectivity index (χ3n) is 1.97. The van der Waals surface area contributed by atoms with Gasteiger partial charge in [0.1, 0.15) is 18.0 Å². The minimum absolute atomic E-state index is 0.103. The van der Waals surface area contributed by atoms with Gasteiger partial charge in [0.05, 0.1) is 6.54 Å². The summed E-state index contributed by atoms with van der Waals surface area (Å²) in [7, 11) is 5.17. The summed E-state index contributed by atoms with van der Waals surface area (Å²) in [5, 5.41) is 1.64. The SMILES string of the molecule is CN=C(CNNC)N(CC(=O)OC(C)(C)C)NC. The molecular weight excluding hydrogens is 234 g/mol. The molecule has 7 nitrogen and oxygen atoms in total. The molecule has 0 fully saturated rings. The molecule has 18 heavy (non-hydrogen) atoms. The number of esters is 1. The molecule has 0 saturated carbocycles. The van der Waals surface area contributed by atoms with Crippen LogP contribution in [-0.4, -0.2) is 56.6 Å². The van der Waals surface area contributed by atoms with Gasteiger partial charge in [-0.25, -0.2) is 5.43 Å². The van der Waals surface area contributed by atoms with Gasteiger partial charge in [-0.2, -0.15) is 0 Å². The Balaban J connectivity index is 4.45. The first-order valence-corrected chi connectivity index (χ1v) is 5.86. The summed E-state index contributed by atoms with van der Waals surface area (Å²) >= 11 is 0. The van der Waals surface area contributed by atoms with Gasteiger partial charge in [-0.1, -0.05) is 0 Å². The highest BCUT2D eigenvalue weighted by atomic mass is 16.6. The van der Waals surface area contributed by atoms with Crippen molar-refractivity contribution >= 4 is 11.8 Å². The van der Waals surface area contributed by atoms with Gasteiger partial charge in [-0.15, -0.1) is 0 Å². The Labute approximate surface area is 109 Å². The van der Waals surface area contributed by atoms with Gasteiger partial charge in [0.15, 0.2) is 0 Å². The molecule has 0 spiro atoms. The van der Waals surface area contributed by atoms with Crippen molar-refractivity contribution < 1.29 is 9.53 Å². The number of rotatable bonds is 6. The van der Waals surface area contributed by atoms with Crippen LogP contribution in [0.25, 0.3) is 0 Å². The van der Waals surface area contributed by atoms with Crippen LogP contribution in [0.15, 0.2) is 4.99 Å². The third-order valence-corrected chi connectivity index (χ3v) is 1.97. The molecular formula is C11H25N5O2. The first-order valence-electron chi connectivity index (χ1n) is 5.86. The fourth-order valence-corrected chi connectivity index (χ4v) is 1.26. The second-order valence-electron chi connectivity index (χ2n) is 4.64. The van der Waals surface area contributed by atoms with E-state index in [1.54, 1.807) is 26.2 Å². The fraction of sp³-hybridized carbons (Fsp3) is 0.818. The predicted molar refractivity (Wildman–Crippen MR) is 72.0 cm³/mol. The maximum atomic E-state index is 11.7. The van der Waals surface area contributed by atoms with Crippen molar-refractivity contribution in [3.05, 3.63) is 0 Å². The maximum absolute atomic E-state index is 11.7. The van der Waals surface area contributed by atoms with E-state index >= 15 is 0 Å². The van der Waals surface area contributed by atoms with Crippen LogP contribution >= 0.6 is 0 Å². The van der Waals surface area contributed by atoms with Gasteiger partial charge in [0.25, 0.3) is 0 Å². The quantitative estimate of drug-likeness (QED) is 0.259. The zero-order chi connectivity index (χ0) is 14.2. The average Bonchev–Trinajstić information content (AvgIpc) is 2.25. The van der Waals surface area contributed by atoms with Crippen molar-refractivity contribution in [2.45, 2.75) is 26.4 Å². The van der Waals surface area contributed by atoms with Crippen molar-refractivity contribution in [2.75, 3.05) is 34.2 Å². The molecule has 0 aliphatic carbocycles. The van der Waals surface area contributed by atoms with E-state index in [0.29, 0.717) is 12.4 Å². The standard InChI is InChI=1S/C11H25N5O2/c1-11(2,3)18-10(17)8-16(14-6)9(12-4)7-15-13-5/h13-15H,7-8H2,1-6H3. The first-order chi connectivity index (χ1) is 8.34. The highest BCUT2D eigenvalue weighted by Gasteiger charge is 2.20. The second-order valence-corrected chi connectivity index (χ2v) is 4.64. The van der Waals surface area contributed by atoms with Crippen LogP contribution in [0.3, 0.4) is 0 Å². The summed E-state index contributed by atoms with van der Waals surface area (Å²) in [5.41, 5.74) is 8.15. The lowest BCUT2D eigenvalue weighted by Crippen LogP contribution is -2.50. The number of carbonyl (C=O) groups excluding carboxylic acids is 1. The van der Waals surface area contributed by atoms with Crippen molar-refractivity contribution in [3.63, 3.8) is 0 Å². The van der Waals surface area contributed by atoms with Gasteiger partial charge in [0.2, 0.25) is 0 Å². The highest BCUT2D eigenvalue weighted by Crippen LogP contribution is 2.07. The normalized spacial score (nSPS) is 12.4. The molecule has 0 unspecified atom stereocenters. The maximum Gasteiger partial charge on any atom is 0.327 e. The van der Waals surface area contributed by atoms with Crippen molar-refractivity contribution in [3.8, 4) is 0 Å². The van der Waals surface area contributed by atoms with Crippen molar-refractivity contribution in [1.82, 2.24) is 21.3 Å². The molecule has 0 rings (SSSR count). The van der Waals surface area contributed by atoms with E-state index in [0.717, 1.165) is 0 Å². The number of amidine groups is 1. The Morgan fingerprint density at radius 1 is 1.33 bits per heavy atom. The van der Waals surface area contributed by atoms with E-state index in [4.69, 9.17) is 4.74 Å². The van der Waals surface area contributed by atoms with E-state index in [9.17, 15) is 4.79 Å². The lowest BCUT2D eigenvalue weighted by atomic mass is 10.2.